The number of allylic oxidation sites excluding steroid dienone is 2. The largest absolute Gasteiger partial charge is 0.0886 e. The van der Waals surface area contributed by atoms with Gasteiger partial charge in [0, 0.05) is 26.4 Å². The van der Waals surface area contributed by atoms with Gasteiger partial charge in [-0.3, -0.25) is 0 Å². The molecule has 0 atom stereocenters. The van der Waals surface area contributed by atoms with Crippen LogP contribution in [0.1, 0.15) is 0 Å². The normalized spacial score (nSPS) is 14.9. The van der Waals surface area contributed by atoms with E-state index in [1.807, 2.05) is 0 Å². The zero-order chi connectivity index (χ0) is 11.4. The van der Waals surface area contributed by atoms with E-state index in [0.29, 0.717) is 0 Å². The molecule has 0 radical (unpaired) electrons. The Kier molecular flexibility index (Phi) is 5.62. The topological polar surface area (TPSA) is 0 Å². The van der Waals surface area contributed by atoms with Crippen molar-refractivity contribution >= 4 is 26.4 Å². The van der Waals surface area contributed by atoms with Crippen LogP contribution in [0.2, 0.25) is 57.4 Å². The van der Waals surface area contributed by atoms with Crippen LogP contribution in [0.15, 0.2) is 11.6 Å². The van der Waals surface area contributed by atoms with E-state index < -0.39 is 16.1 Å². The van der Waals surface area contributed by atoms with Gasteiger partial charge in [-0.1, -0.05) is 50.9 Å². The zero-order valence-electron chi connectivity index (χ0n) is 11.2. The summed E-state index contributed by atoms with van der Waals surface area (Å²) >= 11 is 0. The lowest BCUT2D eigenvalue weighted by Crippen LogP contribution is -2.21. The zero-order valence-corrected chi connectivity index (χ0v) is 15.2. The Labute approximate surface area is 95.6 Å². The maximum absolute atomic E-state index is 2.58. The van der Waals surface area contributed by atoms with Crippen LogP contribution in [-0.2, 0) is 0 Å². The van der Waals surface area contributed by atoms with Gasteiger partial charge in [0.1, 0.15) is 0 Å². The molecule has 0 fully saturated rings. The van der Waals surface area contributed by atoms with Crippen molar-refractivity contribution in [2.24, 2.45) is 0 Å². The molecule has 0 aliphatic heterocycles. The van der Waals surface area contributed by atoms with Crippen LogP contribution < -0.4 is 0 Å². The minimum absolute atomic E-state index is 0.857. The summed E-state index contributed by atoms with van der Waals surface area (Å²) in [6.45, 7) is 14.8. The molecule has 0 spiro atoms. The van der Waals surface area contributed by atoms with E-state index in [0.717, 1.165) is 0 Å². The highest BCUT2D eigenvalue weighted by molar-refractivity contribution is 6.77. The Hall–Kier alpha value is 0.391. The standard InChI is InChI=1S/C11H28Si3/c1-13(2,3)8-7-11(9-12)10-14(4,5)6/h7H,8-10H2,1-6,12H3. The molecule has 0 nitrogen and oxygen atoms in total. The van der Waals surface area contributed by atoms with Gasteiger partial charge in [-0.25, -0.2) is 0 Å². The molecule has 3 heteroatoms. The summed E-state index contributed by atoms with van der Waals surface area (Å²) in [4.78, 5) is 0. The lowest BCUT2D eigenvalue weighted by molar-refractivity contribution is 1.27. The van der Waals surface area contributed by atoms with Gasteiger partial charge < -0.3 is 0 Å². The van der Waals surface area contributed by atoms with E-state index in [2.05, 4.69) is 45.4 Å². The van der Waals surface area contributed by atoms with Gasteiger partial charge in [-0.05, 0) is 18.1 Å². The summed E-state index contributed by atoms with van der Waals surface area (Å²) in [5.74, 6) is 0. The van der Waals surface area contributed by atoms with Crippen molar-refractivity contribution in [1.29, 1.82) is 0 Å². The predicted octanol–water partition coefficient (Wildman–Crippen LogP) is 3.37. The van der Waals surface area contributed by atoms with Crippen LogP contribution in [0.25, 0.3) is 0 Å². The molecule has 0 aromatic rings. The van der Waals surface area contributed by atoms with Gasteiger partial charge in [-0.15, -0.1) is 0 Å². The van der Waals surface area contributed by atoms with E-state index in [9.17, 15) is 0 Å². The molecule has 0 aliphatic carbocycles. The molecule has 0 aliphatic rings. The molecular weight excluding hydrogens is 216 g/mol. The fraction of sp³-hybridized carbons (Fsp3) is 0.818. The molecule has 0 amide bonds. The van der Waals surface area contributed by atoms with Crippen molar-refractivity contribution < 1.29 is 0 Å². The van der Waals surface area contributed by atoms with Crippen LogP contribution in [0.5, 0.6) is 0 Å². The third-order valence-electron chi connectivity index (χ3n) is 2.21. The highest BCUT2D eigenvalue weighted by atomic mass is 28.3. The number of rotatable bonds is 5. The van der Waals surface area contributed by atoms with Gasteiger partial charge in [0.25, 0.3) is 0 Å². The smallest absolute Gasteiger partial charge is 0.0483 e. The van der Waals surface area contributed by atoms with Crippen molar-refractivity contribution in [3.63, 3.8) is 0 Å². The fourth-order valence-corrected chi connectivity index (χ4v) is 5.17. The Bertz CT molecular complexity index is 194. The van der Waals surface area contributed by atoms with E-state index in [-0.39, 0.29) is 0 Å². The highest BCUT2D eigenvalue weighted by Gasteiger charge is 2.16. The van der Waals surface area contributed by atoms with Crippen LogP contribution in [0.3, 0.4) is 0 Å². The first-order valence-electron chi connectivity index (χ1n) is 5.82. The lowest BCUT2D eigenvalue weighted by Gasteiger charge is -2.19. The third-order valence-corrected chi connectivity index (χ3v) is 6.07. The molecule has 0 aromatic carbocycles. The average Bonchev–Trinajstić information content (AvgIpc) is 1.94. The van der Waals surface area contributed by atoms with Gasteiger partial charge >= 0.3 is 0 Å². The first-order valence-corrected chi connectivity index (χ1v) is 14.6. The molecule has 14 heavy (non-hydrogen) atoms. The van der Waals surface area contributed by atoms with Gasteiger partial charge in [0.05, 0.1) is 0 Å². The molecule has 84 valence electrons. The monoisotopic (exact) mass is 244 g/mol. The maximum atomic E-state index is 2.58. The van der Waals surface area contributed by atoms with Crippen LogP contribution >= 0.6 is 0 Å². The average molecular weight is 245 g/mol. The van der Waals surface area contributed by atoms with E-state index in [1.54, 1.807) is 5.57 Å². The van der Waals surface area contributed by atoms with Crippen molar-refractivity contribution in [2.45, 2.75) is 57.4 Å². The van der Waals surface area contributed by atoms with Crippen molar-refractivity contribution in [2.75, 3.05) is 0 Å². The summed E-state index contributed by atoms with van der Waals surface area (Å²) in [5.41, 5.74) is 1.78. The summed E-state index contributed by atoms with van der Waals surface area (Å²) in [6.07, 6.45) is 2.58. The maximum Gasteiger partial charge on any atom is 0.0483 e. The second-order valence-electron chi connectivity index (χ2n) is 6.72. The SMILES string of the molecule is C[Si](C)(C)CC=C(C[SiH3])C[Si](C)(C)C. The molecule has 0 unspecified atom stereocenters. The van der Waals surface area contributed by atoms with E-state index >= 15 is 0 Å². The van der Waals surface area contributed by atoms with Crippen molar-refractivity contribution in [3.05, 3.63) is 11.6 Å². The summed E-state index contributed by atoms with van der Waals surface area (Å²) < 4.78 is 0. The van der Waals surface area contributed by atoms with Crippen LogP contribution in [-0.4, -0.2) is 26.4 Å². The molecule has 0 bridgehead atoms. The van der Waals surface area contributed by atoms with Crippen molar-refractivity contribution in [1.82, 2.24) is 0 Å². The Morgan fingerprint density at radius 3 is 1.79 bits per heavy atom. The minimum Gasteiger partial charge on any atom is -0.0886 e. The lowest BCUT2D eigenvalue weighted by atomic mass is 10.3. The second-order valence-corrected chi connectivity index (χ2v) is 18.4. The predicted molar refractivity (Wildman–Crippen MR) is 79.1 cm³/mol. The summed E-state index contributed by atoms with van der Waals surface area (Å²) in [6, 6.07) is 4.21. The highest BCUT2D eigenvalue weighted by Crippen LogP contribution is 2.21. The first-order chi connectivity index (χ1) is 6.14. The van der Waals surface area contributed by atoms with E-state index in [4.69, 9.17) is 0 Å². The number of hydrogen-bond donors (Lipinski definition) is 0. The Morgan fingerprint density at radius 1 is 1.00 bits per heavy atom. The third kappa shape index (κ3) is 8.97. The van der Waals surface area contributed by atoms with Crippen LogP contribution in [0, 0.1) is 0 Å². The Balaban J connectivity index is 4.28. The van der Waals surface area contributed by atoms with Gasteiger partial charge in [0.2, 0.25) is 0 Å². The fourth-order valence-electron chi connectivity index (χ4n) is 1.47. The number of hydrogen-bond acceptors (Lipinski definition) is 0. The molecule has 0 saturated heterocycles. The quantitative estimate of drug-likeness (QED) is 0.514. The molecular formula is C11H28Si3. The molecule has 0 N–H and O–H groups in total. The van der Waals surface area contributed by atoms with Gasteiger partial charge in [-0.2, -0.15) is 0 Å². The van der Waals surface area contributed by atoms with Crippen molar-refractivity contribution in [3.8, 4) is 0 Å². The minimum atomic E-state index is -0.868. The van der Waals surface area contributed by atoms with Gasteiger partial charge in [0.15, 0.2) is 0 Å². The molecule has 0 rings (SSSR count). The molecule has 0 heterocycles. The Morgan fingerprint density at radius 2 is 1.50 bits per heavy atom. The van der Waals surface area contributed by atoms with E-state index in [1.165, 1.54) is 28.4 Å². The van der Waals surface area contributed by atoms with Crippen LogP contribution in [0.4, 0.5) is 0 Å². The molecule has 0 aromatic heterocycles. The summed E-state index contributed by atoms with van der Waals surface area (Å²) in [7, 11) is -0.389. The first kappa shape index (κ1) is 14.4. The second kappa shape index (κ2) is 5.47. The summed E-state index contributed by atoms with van der Waals surface area (Å²) in [5, 5.41) is 0. The molecule has 0 saturated carbocycles.